The van der Waals surface area contributed by atoms with Crippen LogP contribution in [0.5, 0.6) is 0 Å². The Morgan fingerprint density at radius 2 is 1.93 bits per heavy atom. The number of hydrogen-bond donors (Lipinski definition) is 1. The van der Waals surface area contributed by atoms with E-state index in [0.29, 0.717) is 0 Å². The number of aliphatic hydroxyl groups is 1. The Labute approximate surface area is 85.0 Å². The fourth-order valence-electron chi connectivity index (χ4n) is 2.08. The van der Waals surface area contributed by atoms with Gasteiger partial charge in [0.25, 0.3) is 0 Å². The van der Waals surface area contributed by atoms with Crippen LogP contribution in [0.3, 0.4) is 0 Å². The molecule has 0 amide bonds. The molecule has 1 atom stereocenters. The van der Waals surface area contributed by atoms with E-state index in [0.717, 1.165) is 19.3 Å². The van der Waals surface area contributed by atoms with Gasteiger partial charge < -0.3 is 5.11 Å². The van der Waals surface area contributed by atoms with E-state index in [1.807, 2.05) is 12.1 Å². The molecule has 1 aromatic rings. The average Bonchev–Trinajstić information content (AvgIpc) is 2.18. The largest absolute Gasteiger partial charge is 0.389 e. The minimum atomic E-state index is -0.506. The third kappa shape index (κ3) is 1.44. The van der Waals surface area contributed by atoms with Crippen molar-refractivity contribution in [3.63, 3.8) is 0 Å². The van der Waals surface area contributed by atoms with Gasteiger partial charge in [0.15, 0.2) is 0 Å². The van der Waals surface area contributed by atoms with Gasteiger partial charge in [-0.2, -0.15) is 0 Å². The predicted octanol–water partition coefficient (Wildman–Crippen LogP) is 2.18. The Bertz CT molecular complexity index is 320. The summed E-state index contributed by atoms with van der Waals surface area (Å²) in [6.45, 7) is 4.27. The van der Waals surface area contributed by atoms with Crippen LogP contribution in [-0.4, -0.2) is 15.7 Å². The maximum atomic E-state index is 10.4. The number of pyridine rings is 1. The predicted molar refractivity (Wildman–Crippen MR) is 55.9 cm³/mol. The summed E-state index contributed by atoms with van der Waals surface area (Å²) in [5, 5.41) is 10.4. The zero-order chi connectivity index (χ0) is 10.2. The minimum Gasteiger partial charge on any atom is -0.389 e. The number of rotatable bonds is 2. The Kier molecular flexibility index (Phi) is 2.11. The molecule has 2 nitrogen and oxygen atoms in total. The van der Waals surface area contributed by atoms with Crippen LogP contribution in [0.4, 0.5) is 0 Å². The van der Waals surface area contributed by atoms with Crippen molar-refractivity contribution in [1.82, 2.24) is 4.98 Å². The van der Waals surface area contributed by atoms with E-state index in [-0.39, 0.29) is 5.41 Å². The van der Waals surface area contributed by atoms with Crippen molar-refractivity contribution in [2.45, 2.75) is 38.7 Å². The maximum Gasteiger partial charge on any atom is 0.0738 e. The Morgan fingerprint density at radius 3 is 2.36 bits per heavy atom. The van der Waals surface area contributed by atoms with Gasteiger partial charge in [0.2, 0.25) is 0 Å². The first-order chi connectivity index (χ1) is 6.54. The molecule has 0 spiro atoms. The quantitative estimate of drug-likeness (QED) is 0.777. The molecule has 76 valence electrons. The summed E-state index contributed by atoms with van der Waals surface area (Å²) < 4.78 is 0. The summed E-state index contributed by atoms with van der Waals surface area (Å²) in [7, 11) is 0. The van der Waals surface area contributed by atoms with Crippen molar-refractivity contribution in [1.29, 1.82) is 0 Å². The van der Waals surface area contributed by atoms with Crippen molar-refractivity contribution < 1.29 is 5.11 Å². The highest BCUT2D eigenvalue weighted by atomic mass is 16.3. The SMILES string of the molecule is CC1(C)CCC1(O)Cc1ccncc1. The normalized spacial score (nSPS) is 29.6. The lowest BCUT2D eigenvalue weighted by Gasteiger charge is -2.52. The van der Waals surface area contributed by atoms with E-state index in [2.05, 4.69) is 18.8 Å². The summed E-state index contributed by atoms with van der Waals surface area (Å²) in [5.41, 5.74) is 0.736. The van der Waals surface area contributed by atoms with Crippen LogP contribution in [0, 0.1) is 5.41 Å². The second-order valence-corrected chi connectivity index (χ2v) is 4.95. The van der Waals surface area contributed by atoms with Gasteiger partial charge in [-0.25, -0.2) is 0 Å². The molecule has 1 aromatic heterocycles. The summed E-state index contributed by atoms with van der Waals surface area (Å²) in [4.78, 5) is 3.97. The molecule has 2 heteroatoms. The summed E-state index contributed by atoms with van der Waals surface area (Å²) in [6, 6.07) is 3.96. The highest BCUT2D eigenvalue weighted by Crippen LogP contribution is 2.50. The van der Waals surface area contributed by atoms with E-state index in [4.69, 9.17) is 0 Å². The van der Waals surface area contributed by atoms with Crippen LogP contribution in [0.2, 0.25) is 0 Å². The van der Waals surface area contributed by atoms with Gasteiger partial charge in [-0.3, -0.25) is 4.98 Å². The Balaban J connectivity index is 2.12. The van der Waals surface area contributed by atoms with Gasteiger partial charge >= 0.3 is 0 Å². The van der Waals surface area contributed by atoms with Crippen molar-refractivity contribution in [2.24, 2.45) is 5.41 Å². The highest BCUT2D eigenvalue weighted by molar-refractivity contribution is 5.17. The van der Waals surface area contributed by atoms with Crippen LogP contribution >= 0.6 is 0 Å². The average molecular weight is 191 g/mol. The lowest BCUT2D eigenvalue weighted by Crippen LogP contribution is -2.55. The molecule has 2 rings (SSSR count). The second kappa shape index (κ2) is 3.06. The second-order valence-electron chi connectivity index (χ2n) is 4.95. The Hall–Kier alpha value is -0.890. The first-order valence-electron chi connectivity index (χ1n) is 5.15. The third-order valence-corrected chi connectivity index (χ3v) is 3.67. The van der Waals surface area contributed by atoms with Crippen LogP contribution in [0.1, 0.15) is 32.3 Å². The molecule has 0 bridgehead atoms. The van der Waals surface area contributed by atoms with Gasteiger partial charge in [-0.1, -0.05) is 13.8 Å². The summed E-state index contributed by atoms with van der Waals surface area (Å²) >= 11 is 0. The van der Waals surface area contributed by atoms with E-state index < -0.39 is 5.60 Å². The van der Waals surface area contributed by atoms with E-state index in [1.54, 1.807) is 12.4 Å². The van der Waals surface area contributed by atoms with Gasteiger partial charge in [-0.15, -0.1) is 0 Å². The van der Waals surface area contributed by atoms with Gasteiger partial charge in [0.1, 0.15) is 0 Å². The van der Waals surface area contributed by atoms with Crippen molar-refractivity contribution in [3.8, 4) is 0 Å². The third-order valence-electron chi connectivity index (χ3n) is 3.67. The van der Waals surface area contributed by atoms with Gasteiger partial charge in [0.05, 0.1) is 5.60 Å². The number of aromatic nitrogens is 1. The minimum absolute atomic E-state index is 0.0657. The Morgan fingerprint density at radius 1 is 1.29 bits per heavy atom. The van der Waals surface area contributed by atoms with Crippen LogP contribution in [0.25, 0.3) is 0 Å². The lowest BCUT2D eigenvalue weighted by atomic mass is 9.57. The van der Waals surface area contributed by atoms with E-state index >= 15 is 0 Å². The van der Waals surface area contributed by atoms with Crippen molar-refractivity contribution in [2.75, 3.05) is 0 Å². The van der Waals surface area contributed by atoms with E-state index in [9.17, 15) is 5.11 Å². The molecule has 1 fully saturated rings. The van der Waals surface area contributed by atoms with Crippen LogP contribution < -0.4 is 0 Å². The highest BCUT2D eigenvalue weighted by Gasteiger charge is 2.51. The molecule has 1 saturated carbocycles. The summed E-state index contributed by atoms with van der Waals surface area (Å²) in [6.07, 6.45) is 6.36. The molecular weight excluding hydrogens is 174 g/mol. The van der Waals surface area contributed by atoms with Gasteiger partial charge in [0, 0.05) is 18.8 Å². The van der Waals surface area contributed by atoms with E-state index in [1.165, 1.54) is 5.56 Å². The molecule has 1 aliphatic carbocycles. The molecule has 1 unspecified atom stereocenters. The number of nitrogens with zero attached hydrogens (tertiary/aromatic N) is 1. The fraction of sp³-hybridized carbons (Fsp3) is 0.583. The van der Waals surface area contributed by atoms with Crippen molar-refractivity contribution in [3.05, 3.63) is 30.1 Å². The van der Waals surface area contributed by atoms with Crippen LogP contribution in [-0.2, 0) is 6.42 Å². The van der Waals surface area contributed by atoms with Gasteiger partial charge in [-0.05, 0) is 36.0 Å². The topological polar surface area (TPSA) is 33.1 Å². The van der Waals surface area contributed by atoms with Crippen LogP contribution in [0.15, 0.2) is 24.5 Å². The molecule has 0 aromatic carbocycles. The molecule has 14 heavy (non-hydrogen) atoms. The molecule has 0 saturated heterocycles. The standard InChI is InChI=1S/C12H17NO/c1-11(2)5-6-12(11,14)9-10-3-7-13-8-4-10/h3-4,7-8,14H,5-6,9H2,1-2H3. The molecular formula is C12H17NO. The maximum absolute atomic E-state index is 10.4. The monoisotopic (exact) mass is 191 g/mol. The number of hydrogen-bond acceptors (Lipinski definition) is 2. The molecule has 1 aliphatic rings. The fourth-order valence-corrected chi connectivity index (χ4v) is 2.08. The lowest BCUT2D eigenvalue weighted by molar-refractivity contribution is -0.147. The molecule has 1 N–H and O–H groups in total. The first-order valence-corrected chi connectivity index (χ1v) is 5.15. The first kappa shape index (κ1) is 9.66. The molecule has 0 radical (unpaired) electrons. The smallest absolute Gasteiger partial charge is 0.0738 e. The zero-order valence-electron chi connectivity index (χ0n) is 8.83. The summed E-state index contributed by atoms with van der Waals surface area (Å²) in [5.74, 6) is 0. The molecule has 0 aliphatic heterocycles. The molecule has 1 heterocycles. The zero-order valence-corrected chi connectivity index (χ0v) is 8.83. The van der Waals surface area contributed by atoms with Crippen molar-refractivity contribution >= 4 is 0 Å².